The Labute approximate surface area is 109 Å². The van der Waals surface area contributed by atoms with Gasteiger partial charge in [-0.05, 0) is 32.9 Å². The molecule has 3 heterocycles. The van der Waals surface area contributed by atoms with Crippen molar-refractivity contribution in [1.29, 1.82) is 0 Å². The van der Waals surface area contributed by atoms with Crippen LogP contribution in [-0.4, -0.2) is 19.7 Å². The average molecular weight is 254 g/mol. The molecule has 0 aromatic carbocycles. The molecule has 0 fully saturated rings. The predicted octanol–water partition coefficient (Wildman–Crippen LogP) is 2.03. The second-order valence-corrected chi connectivity index (χ2v) is 4.61. The topological polar surface area (TPSA) is 63.6 Å². The zero-order valence-electron chi connectivity index (χ0n) is 11.1. The Kier molecular flexibility index (Phi) is 2.48. The van der Waals surface area contributed by atoms with Crippen molar-refractivity contribution in [3.63, 3.8) is 0 Å². The van der Waals surface area contributed by atoms with E-state index in [9.17, 15) is 4.79 Å². The van der Waals surface area contributed by atoms with E-state index in [1.165, 1.54) is 0 Å². The molecule has 0 spiro atoms. The van der Waals surface area contributed by atoms with Gasteiger partial charge in [0.05, 0.1) is 11.1 Å². The third kappa shape index (κ3) is 1.66. The number of nitrogens with zero attached hydrogens (tertiary/aromatic N) is 3. The van der Waals surface area contributed by atoms with Gasteiger partial charge in [-0.25, -0.2) is 4.98 Å². The number of pyridine rings is 2. The number of aromatic amines is 1. The van der Waals surface area contributed by atoms with Crippen LogP contribution in [0.3, 0.4) is 0 Å². The van der Waals surface area contributed by atoms with Crippen LogP contribution in [0.4, 0.5) is 0 Å². The molecular formula is C14H14N4O. The van der Waals surface area contributed by atoms with Crippen LogP contribution < -0.4 is 5.43 Å². The Hall–Kier alpha value is -2.43. The molecule has 19 heavy (non-hydrogen) atoms. The number of rotatable bonds is 1. The van der Waals surface area contributed by atoms with Crippen molar-refractivity contribution in [2.45, 2.75) is 20.8 Å². The molecule has 0 amide bonds. The van der Waals surface area contributed by atoms with Crippen molar-refractivity contribution in [3.05, 3.63) is 51.6 Å². The van der Waals surface area contributed by atoms with Gasteiger partial charge in [-0.2, -0.15) is 9.78 Å². The lowest BCUT2D eigenvalue weighted by Gasteiger charge is -2.04. The maximum Gasteiger partial charge on any atom is 0.196 e. The lowest BCUT2D eigenvalue weighted by Crippen LogP contribution is -2.10. The highest BCUT2D eigenvalue weighted by molar-refractivity contribution is 5.80. The summed E-state index contributed by atoms with van der Waals surface area (Å²) in [6.45, 7) is 5.55. The van der Waals surface area contributed by atoms with Gasteiger partial charge in [0.25, 0.3) is 0 Å². The van der Waals surface area contributed by atoms with Crippen LogP contribution >= 0.6 is 0 Å². The van der Waals surface area contributed by atoms with E-state index in [2.05, 4.69) is 15.1 Å². The molecule has 3 aromatic heterocycles. The van der Waals surface area contributed by atoms with Crippen molar-refractivity contribution in [2.24, 2.45) is 0 Å². The molecule has 0 aliphatic rings. The minimum atomic E-state index is 0.0333. The van der Waals surface area contributed by atoms with Gasteiger partial charge >= 0.3 is 0 Å². The summed E-state index contributed by atoms with van der Waals surface area (Å²) in [5, 5.41) is 5.06. The first-order valence-corrected chi connectivity index (χ1v) is 6.10. The zero-order chi connectivity index (χ0) is 13.6. The molecule has 0 atom stereocenters. The van der Waals surface area contributed by atoms with E-state index in [0.29, 0.717) is 22.5 Å². The Morgan fingerprint density at radius 2 is 2.00 bits per heavy atom. The molecule has 3 rings (SSSR count). The van der Waals surface area contributed by atoms with Crippen molar-refractivity contribution in [1.82, 2.24) is 19.7 Å². The largest absolute Gasteiger partial charge is 0.343 e. The number of hydrogen-bond acceptors (Lipinski definition) is 3. The smallest absolute Gasteiger partial charge is 0.196 e. The zero-order valence-corrected chi connectivity index (χ0v) is 11.1. The molecule has 3 aromatic rings. The van der Waals surface area contributed by atoms with Crippen LogP contribution in [0.15, 0.2) is 29.2 Å². The van der Waals surface area contributed by atoms with Gasteiger partial charge in [0, 0.05) is 17.5 Å². The number of aryl methyl sites for hydroxylation is 2. The Bertz CT molecular complexity index is 815. The van der Waals surface area contributed by atoms with E-state index >= 15 is 0 Å². The summed E-state index contributed by atoms with van der Waals surface area (Å²) in [5.41, 5.74) is 3.03. The molecule has 1 N–H and O–H groups in total. The summed E-state index contributed by atoms with van der Waals surface area (Å²) in [6.07, 6.45) is 1.71. The molecule has 0 bridgehead atoms. The van der Waals surface area contributed by atoms with Crippen LogP contribution in [0.25, 0.3) is 16.9 Å². The fourth-order valence-electron chi connectivity index (χ4n) is 2.19. The van der Waals surface area contributed by atoms with Crippen molar-refractivity contribution in [2.75, 3.05) is 0 Å². The van der Waals surface area contributed by atoms with Gasteiger partial charge in [-0.1, -0.05) is 6.07 Å². The van der Waals surface area contributed by atoms with Crippen molar-refractivity contribution >= 4 is 11.0 Å². The average Bonchev–Trinajstić information content (AvgIpc) is 2.74. The van der Waals surface area contributed by atoms with Crippen LogP contribution in [0.1, 0.15) is 17.0 Å². The monoisotopic (exact) mass is 254 g/mol. The molecule has 0 aliphatic heterocycles. The molecule has 0 unspecified atom stereocenters. The summed E-state index contributed by atoms with van der Waals surface area (Å²) < 4.78 is 1.68. The Balaban J connectivity index is 2.44. The quantitative estimate of drug-likeness (QED) is 0.722. The molecule has 0 saturated carbocycles. The van der Waals surface area contributed by atoms with E-state index in [0.717, 1.165) is 11.3 Å². The predicted molar refractivity (Wildman–Crippen MR) is 73.7 cm³/mol. The van der Waals surface area contributed by atoms with E-state index < -0.39 is 0 Å². The SMILES string of the molecule is Cc1[nH]c2c(c(C)nn2-c2ccccn2)c(=O)c1C. The number of aromatic nitrogens is 4. The van der Waals surface area contributed by atoms with Crippen molar-refractivity contribution in [3.8, 4) is 5.82 Å². The second kappa shape index (κ2) is 4.05. The lowest BCUT2D eigenvalue weighted by atomic mass is 10.1. The van der Waals surface area contributed by atoms with Crippen molar-refractivity contribution < 1.29 is 0 Å². The highest BCUT2D eigenvalue weighted by Crippen LogP contribution is 2.17. The first kappa shape index (κ1) is 11.6. The Morgan fingerprint density at radius 1 is 1.21 bits per heavy atom. The number of H-pyrrole nitrogens is 1. The number of fused-ring (bicyclic) bond motifs is 1. The minimum Gasteiger partial charge on any atom is -0.343 e. The van der Waals surface area contributed by atoms with Crippen LogP contribution in [0.5, 0.6) is 0 Å². The molecule has 0 radical (unpaired) electrons. The normalized spacial score (nSPS) is 11.1. The summed E-state index contributed by atoms with van der Waals surface area (Å²) >= 11 is 0. The molecular weight excluding hydrogens is 240 g/mol. The summed E-state index contributed by atoms with van der Waals surface area (Å²) in [5.74, 6) is 0.694. The lowest BCUT2D eigenvalue weighted by molar-refractivity contribution is 0.845. The van der Waals surface area contributed by atoms with E-state index in [1.54, 1.807) is 10.9 Å². The number of nitrogens with one attached hydrogen (secondary N) is 1. The third-order valence-corrected chi connectivity index (χ3v) is 3.36. The fourth-order valence-corrected chi connectivity index (χ4v) is 2.19. The third-order valence-electron chi connectivity index (χ3n) is 3.36. The van der Waals surface area contributed by atoms with Gasteiger partial charge < -0.3 is 4.98 Å². The molecule has 5 heteroatoms. The molecule has 5 nitrogen and oxygen atoms in total. The van der Waals surface area contributed by atoms with Gasteiger partial charge in [0.2, 0.25) is 0 Å². The summed E-state index contributed by atoms with van der Waals surface area (Å²) in [6, 6.07) is 5.60. The van der Waals surface area contributed by atoms with Crippen LogP contribution in [0, 0.1) is 20.8 Å². The van der Waals surface area contributed by atoms with Gasteiger partial charge in [-0.15, -0.1) is 0 Å². The highest BCUT2D eigenvalue weighted by Gasteiger charge is 2.15. The standard InChI is InChI=1S/C14H14N4O/c1-8-9(2)16-14-12(13(8)19)10(3)17-18(14)11-6-4-5-7-15-11/h4-7H,1-3H3,(H,16,19). The van der Waals surface area contributed by atoms with Gasteiger partial charge in [0.1, 0.15) is 5.65 Å². The van der Waals surface area contributed by atoms with Crippen LogP contribution in [0.2, 0.25) is 0 Å². The van der Waals surface area contributed by atoms with Gasteiger partial charge in [0.15, 0.2) is 11.2 Å². The van der Waals surface area contributed by atoms with Crippen LogP contribution in [-0.2, 0) is 0 Å². The maximum atomic E-state index is 12.3. The number of hydrogen-bond donors (Lipinski definition) is 1. The summed E-state index contributed by atoms with van der Waals surface area (Å²) in [7, 11) is 0. The Morgan fingerprint density at radius 3 is 2.68 bits per heavy atom. The van der Waals surface area contributed by atoms with E-state index in [4.69, 9.17) is 0 Å². The molecule has 96 valence electrons. The van der Waals surface area contributed by atoms with E-state index in [1.807, 2.05) is 39.0 Å². The molecule has 0 aliphatic carbocycles. The van der Waals surface area contributed by atoms with Gasteiger partial charge in [-0.3, -0.25) is 4.79 Å². The second-order valence-electron chi connectivity index (χ2n) is 4.61. The maximum absolute atomic E-state index is 12.3. The first-order chi connectivity index (χ1) is 9.09. The van der Waals surface area contributed by atoms with E-state index in [-0.39, 0.29) is 5.43 Å². The molecule has 0 saturated heterocycles. The highest BCUT2D eigenvalue weighted by atomic mass is 16.1. The summed E-state index contributed by atoms with van der Waals surface area (Å²) in [4.78, 5) is 19.8. The fraction of sp³-hybridized carbons (Fsp3) is 0.214. The first-order valence-electron chi connectivity index (χ1n) is 6.10. The minimum absolute atomic E-state index is 0.0333.